The van der Waals surface area contributed by atoms with Crippen molar-refractivity contribution in [3.05, 3.63) is 64.5 Å². The minimum absolute atomic E-state index is 0.131. The lowest BCUT2D eigenvalue weighted by Crippen LogP contribution is -2.52. The van der Waals surface area contributed by atoms with E-state index in [2.05, 4.69) is 0 Å². The van der Waals surface area contributed by atoms with E-state index in [-0.39, 0.29) is 23.2 Å². The van der Waals surface area contributed by atoms with Crippen LogP contribution >= 0.6 is 34.3 Å². The van der Waals surface area contributed by atoms with Gasteiger partial charge in [0.2, 0.25) is 5.91 Å². The van der Waals surface area contributed by atoms with Gasteiger partial charge < -0.3 is 9.47 Å². The van der Waals surface area contributed by atoms with Gasteiger partial charge in [-0.2, -0.15) is 4.31 Å². The number of carbonyl (C=O) groups excluding carboxylic acids is 1. The molecule has 12 heteroatoms. The van der Waals surface area contributed by atoms with Gasteiger partial charge in [0.25, 0.3) is 10.0 Å². The summed E-state index contributed by atoms with van der Waals surface area (Å²) < 4.78 is 40.8. The van der Waals surface area contributed by atoms with E-state index in [1.54, 1.807) is 37.3 Å². The summed E-state index contributed by atoms with van der Waals surface area (Å²) in [6, 6.07) is 15.3. The van der Waals surface area contributed by atoms with E-state index in [0.29, 0.717) is 39.3 Å². The molecule has 4 aromatic rings. The maximum atomic E-state index is 14.3. The molecule has 0 saturated carbocycles. The average molecular weight is 592 g/mol. The molecule has 2 aromatic heterocycles. The fraction of sp³-hybridized carbons (Fsp3) is 0.308. The molecule has 1 unspecified atom stereocenters. The molecule has 1 aliphatic rings. The van der Waals surface area contributed by atoms with E-state index in [1.165, 1.54) is 21.7 Å². The lowest BCUT2D eigenvalue weighted by Gasteiger charge is -2.35. The first-order valence-corrected chi connectivity index (χ1v) is 15.4. The number of hydrogen-bond donors (Lipinski definition) is 0. The van der Waals surface area contributed by atoms with Gasteiger partial charge in [-0.25, -0.2) is 13.4 Å². The molecule has 1 fully saturated rings. The molecule has 5 rings (SSSR count). The number of thiophene rings is 1. The Morgan fingerprint density at radius 3 is 2.47 bits per heavy atom. The number of fused-ring (bicyclic) bond motifs is 1. The van der Waals surface area contributed by atoms with Crippen LogP contribution in [0.25, 0.3) is 10.2 Å². The number of piperidine rings is 1. The van der Waals surface area contributed by atoms with Crippen molar-refractivity contribution in [3.8, 4) is 11.5 Å². The highest BCUT2D eigenvalue weighted by molar-refractivity contribution is 7.91. The normalized spacial score (nSPS) is 16.4. The molecular formula is C26H26ClN3O5S3. The summed E-state index contributed by atoms with van der Waals surface area (Å²) in [6.07, 6.45) is 1.84. The van der Waals surface area contributed by atoms with Crippen molar-refractivity contribution in [2.75, 3.05) is 25.7 Å². The number of amides is 1. The Balaban J connectivity index is 1.59. The van der Waals surface area contributed by atoms with Crippen molar-refractivity contribution in [2.24, 2.45) is 0 Å². The Labute approximate surface area is 234 Å². The molecule has 1 amide bonds. The average Bonchev–Trinajstić information content (AvgIpc) is 3.58. The second-order valence-corrected chi connectivity index (χ2v) is 13.6. The van der Waals surface area contributed by atoms with Crippen LogP contribution in [-0.2, 0) is 21.4 Å². The molecule has 38 heavy (non-hydrogen) atoms. The number of anilines is 1. The number of ether oxygens (including phenoxy) is 2. The zero-order valence-electron chi connectivity index (χ0n) is 20.8. The van der Waals surface area contributed by atoms with E-state index in [9.17, 15) is 13.2 Å². The van der Waals surface area contributed by atoms with Crippen molar-refractivity contribution in [1.29, 1.82) is 0 Å². The van der Waals surface area contributed by atoms with Crippen molar-refractivity contribution < 1.29 is 22.7 Å². The van der Waals surface area contributed by atoms with E-state index >= 15 is 0 Å². The van der Waals surface area contributed by atoms with E-state index in [1.807, 2.05) is 30.3 Å². The van der Waals surface area contributed by atoms with Gasteiger partial charge in [-0.15, -0.1) is 11.3 Å². The van der Waals surface area contributed by atoms with Crippen LogP contribution < -0.4 is 14.4 Å². The van der Waals surface area contributed by atoms with Crippen LogP contribution in [0.15, 0.2) is 58.8 Å². The first kappa shape index (κ1) is 26.9. The van der Waals surface area contributed by atoms with Crippen molar-refractivity contribution >= 4 is 65.6 Å². The number of halogens is 1. The molecular weight excluding hydrogens is 566 g/mol. The van der Waals surface area contributed by atoms with Gasteiger partial charge in [-0.05, 0) is 42.7 Å². The number of thiazole rings is 1. The molecule has 2 aromatic carbocycles. The lowest BCUT2D eigenvalue weighted by atomic mass is 10.0. The van der Waals surface area contributed by atoms with Crippen LogP contribution in [0.5, 0.6) is 11.5 Å². The number of nitrogens with zero attached hydrogens (tertiary/aromatic N) is 3. The number of benzene rings is 2. The second kappa shape index (κ2) is 11.2. The topological polar surface area (TPSA) is 89.0 Å². The van der Waals surface area contributed by atoms with Crippen molar-refractivity contribution in [3.63, 3.8) is 0 Å². The second-order valence-electron chi connectivity index (χ2n) is 8.74. The number of sulfonamides is 1. The Morgan fingerprint density at radius 2 is 1.79 bits per heavy atom. The predicted molar refractivity (Wildman–Crippen MR) is 151 cm³/mol. The minimum atomic E-state index is -3.91. The monoisotopic (exact) mass is 591 g/mol. The van der Waals surface area contributed by atoms with Crippen molar-refractivity contribution in [1.82, 2.24) is 9.29 Å². The first-order valence-electron chi connectivity index (χ1n) is 12.0. The Hall–Kier alpha value is -2.70. The Morgan fingerprint density at radius 1 is 1.05 bits per heavy atom. The molecule has 1 atom stereocenters. The number of methoxy groups -OCH3 is 2. The molecule has 0 spiro atoms. The highest BCUT2D eigenvalue weighted by Gasteiger charge is 2.41. The van der Waals surface area contributed by atoms with Gasteiger partial charge >= 0.3 is 0 Å². The van der Waals surface area contributed by atoms with Crippen LogP contribution in [0.2, 0.25) is 4.34 Å². The quantitative estimate of drug-likeness (QED) is 0.257. The third kappa shape index (κ3) is 5.13. The van der Waals surface area contributed by atoms with Gasteiger partial charge in [-0.1, -0.05) is 59.7 Å². The maximum Gasteiger partial charge on any atom is 0.253 e. The fourth-order valence-electron chi connectivity index (χ4n) is 4.57. The third-order valence-electron chi connectivity index (χ3n) is 6.43. The van der Waals surface area contributed by atoms with Gasteiger partial charge in [0.15, 0.2) is 5.13 Å². The standard InChI is InChI=1S/C26H26ClN3O5S3/c1-34-19-11-12-20(35-2)24-23(19)28-26(37-24)29(16-17-8-4-3-5-9-17)25(31)18-10-6-7-15-30(18)38(32,33)22-14-13-21(27)36-22/h3-5,8-9,11-14,18H,6-7,10,15-16H2,1-2H3. The number of hydrogen-bond acceptors (Lipinski definition) is 8. The van der Waals surface area contributed by atoms with Gasteiger partial charge in [-0.3, -0.25) is 9.69 Å². The summed E-state index contributed by atoms with van der Waals surface area (Å²) in [7, 11) is -0.764. The van der Waals surface area contributed by atoms with E-state index < -0.39 is 16.1 Å². The molecule has 0 N–H and O–H groups in total. The molecule has 1 saturated heterocycles. The molecule has 0 bridgehead atoms. The molecule has 0 radical (unpaired) electrons. The van der Waals surface area contributed by atoms with Crippen LogP contribution in [0.3, 0.4) is 0 Å². The van der Waals surface area contributed by atoms with Gasteiger partial charge in [0, 0.05) is 6.54 Å². The van der Waals surface area contributed by atoms with E-state index in [4.69, 9.17) is 26.1 Å². The van der Waals surface area contributed by atoms with Gasteiger partial charge in [0.05, 0.1) is 25.1 Å². The van der Waals surface area contributed by atoms with Crippen LogP contribution in [0.4, 0.5) is 5.13 Å². The van der Waals surface area contributed by atoms with E-state index in [0.717, 1.165) is 28.0 Å². The highest BCUT2D eigenvalue weighted by atomic mass is 35.5. The molecule has 0 aliphatic carbocycles. The molecule has 1 aliphatic heterocycles. The first-order chi connectivity index (χ1) is 18.3. The number of carbonyl (C=O) groups is 1. The summed E-state index contributed by atoms with van der Waals surface area (Å²) in [5, 5.41) is 0.443. The summed E-state index contributed by atoms with van der Waals surface area (Å²) in [5.41, 5.74) is 1.48. The largest absolute Gasteiger partial charge is 0.495 e. The minimum Gasteiger partial charge on any atom is -0.495 e. The van der Waals surface area contributed by atoms with Gasteiger partial charge in [0.1, 0.15) is 32.0 Å². The number of aromatic nitrogens is 1. The summed E-state index contributed by atoms with van der Waals surface area (Å²) >= 11 is 8.35. The summed E-state index contributed by atoms with van der Waals surface area (Å²) in [5.74, 6) is 0.858. The van der Waals surface area contributed by atoms with Crippen LogP contribution in [-0.4, -0.2) is 50.4 Å². The Bertz CT molecular complexity index is 1510. The maximum absolute atomic E-state index is 14.3. The smallest absolute Gasteiger partial charge is 0.253 e. The third-order valence-corrected chi connectivity index (χ3v) is 11.1. The predicted octanol–water partition coefficient (Wildman–Crippen LogP) is 5.81. The molecule has 8 nitrogen and oxygen atoms in total. The summed E-state index contributed by atoms with van der Waals surface area (Å²) in [6.45, 7) is 0.494. The zero-order chi connectivity index (χ0) is 26.9. The van der Waals surface area contributed by atoms with Crippen molar-refractivity contribution in [2.45, 2.75) is 36.1 Å². The number of rotatable bonds is 8. The SMILES string of the molecule is COc1ccc(OC)c2sc(N(Cc3ccccc3)C(=O)C3CCCCN3S(=O)(=O)c3ccc(Cl)s3)nc12. The summed E-state index contributed by atoms with van der Waals surface area (Å²) in [4.78, 5) is 20.7. The lowest BCUT2D eigenvalue weighted by molar-refractivity contribution is -0.123. The van der Waals surface area contributed by atoms with Crippen LogP contribution in [0.1, 0.15) is 24.8 Å². The Kier molecular flexibility index (Phi) is 7.92. The molecule has 3 heterocycles. The fourth-order valence-corrected chi connectivity index (χ4v) is 8.91. The highest BCUT2D eigenvalue weighted by Crippen LogP contribution is 2.41. The van der Waals surface area contributed by atoms with Crippen LogP contribution in [0, 0.1) is 0 Å². The zero-order valence-corrected chi connectivity index (χ0v) is 24.0. The molecule has 200 valence electrons.